The van der Waals surface area contributed by atoms with Gasteiger partial charge in [-0.25, -0.2) is 0 Å². The van der Waals surface area contributed by atoms with E-state index in [0.717, 1.165) is 41.1 Å². The molecule has 0 aliphatic carbocycles. The van der Waals surface area contributed by atoms with Gasteiger partial charge < -0.3 is 15.4 Å². The van der Waals surface area contributed by atoms with Crippen LogP contribution in [0, 0.1) is 0 Å². The predicted octanol–water partition coefficient (Wildman–Crippen LogP) is 4.42. The van der Waals surface area contributed by atoms with Crippen LogP contribution in [0.15, 0.2) is 54.7 Å². The molecule has 3 aromatic rings. The number of anilines is 2. The summed E-state index contributed by atoms with van der Waals surface area (Å²) in [6, 6.07) is 15.6. The van der Waals surface area contributed by atoms with Crippen molar-refractivity contribution in [2.75, 3.05) is 30.8 Å². The minimum atomic E-state index is 0.698. The number of rotatable bonds is 6. The zero-order chi connectivity index (χ0) is 16.1. The normalized spacial score (nSPS) is 10.5. The van der Waals surface area contributed by atoms with Gasteiger partial charge in [-0.15, -0.1) is 0 Å². The van der Waals surface area contributed by atoms with Crippen molar-refractivity contribution in [1.82, 2.24) is 4.98 Å². The topological polar surface area (TPSA) is 46.2 Å². The molecule has 0 saturated heterocycles. The van der Waals surface area contributed by atoms with Gasteiger partial charge in [0.25, 0.3) is 0 Å². The average molecular weight is 328 g/mol. The zero-order valence-electron chi connectivity index (χ0n) is 12.8. The quantitative estimate of drug-likeness (QED) is 0.658. The first-order valence-corrected chi connectivity index (χ1v) is 7.80. The molecule has 0 amide bonds. The van der Waals surface area contributed by atoms with Crippen molar-refractivity contribution in [2.24, 2.45) is 0 Å². The molecule has 0 radical (unpaired) electrons. The molecule has 0 unspecified atom stereocenters. The van der Waals surface area contributed by atoms with Crippen molar-refractivity contribution < 1.29 is 4.74 Å². The number of hydrogen-bond acceptors (Lipinski definition) is 4. The molecule has 1 heterocycles. The molecule has 0 fully saturated rings. The minimum Gasteiger partial charge on any atom is -0.497 e. The molecule has 4 nitrogen and oxygen atoms in total. The summed E-state index contributed by atoms with van der Waals surface area (Å²) in [5.41, 5.74) is 3.02. The largest absolute Gasteiger partial charge is 0.497 e. The highest BCUT2D eigenvalue weighted by Crippen LogP contribution is 2.24. The number of pyridine rings is 1. The van der Waals surface area contributed by atoms with Gasteiger partial charge in [-0.05, 0) is 48.5 Å². The van der Waals surface area contributed by atoms with Crippen LogP contribution in [-0.4, -0.2) is 25.2 Å². The molecule has 0 aliphatic heterocycles. The molecule has 2 aromatic carbocycles. The second-order valence-electron chi connectivity index (χ2n) is 5.10. The van der Waals surface area contributed by atoms with Crippen LogP contribution in [0.4, 0.5) is 11.4 Å². The van der Waals surface area contributed by atoms with Gasteiger partial charge in [0.05, 0.1) is 12.6 Å². The number of methoxy groups -OCH3 is 1. The Kier molecular flexibility index (Phi) is 4.83. The number of nitrogens with one attached hydrogen (secondary N) is 2. The molecule has 1 aromatic heterocycles. The molecule has 0 aliphatic rings. The molecule has 0 saturated carbocycles. The van der Waals surface area contributed by atoms with Gasteiger partial charge >= 0.3 is 0 Å². The number of ether oxygens (including phenoxy) is 1. The fourth-order valence-corrected chi connectivity index (χ4v) is 2.55. The predicted molar refractivity (Wildman–Crippen MR) is 96.7 cm³/mol. The Hall–Kier alpha value is -2.46. The highest BCUT2D eigenvalue weighted by atomic mass is 35.5. The van der Waals surface area contributed by atoms with Crippen LogP contribution in [0.5, 0.6) is 5.75 Å². The Morgan fingerprint density at radius 2 is 1.78 bits per heavy atom. The zero-order valence-corrected chi connectivity index (χ0v) is 13.6. The summed E-state index contributed by atoms with van der Waals surface area (Å²) in [6.07, 6.45) is 1.79. The van der Waals surface area contributed by atoms with Crippen LogP contribution in [-0.2, 0) is 0 Å². The molecule has 2 N–H and O–H groups in total. The van der Waals surface area contributed by atoms with Crippen LogP contribution < -0.4 is 15.4 Å². The molecule has 0 bridgehead atoms. The van der Waals surface area contributed by atoms with Crippen molar-refractivity contribution in [3.05, 3.63) is 59.8 Å². The molecule has 118 valence electrons. The molecular weight excluding hydrogens is 310 g/mol. The van der Waals surface area contributed by atoms with Gasteiger partial charge in [-0.2, -0.15) is 0 Å². The number of fused-ring (bicyclic) bond motifs is 1. The molecule has 23 heavy (non-hydrogen) atoms. The third-order valence-corrected chi connectivity index (χ3v) is 3.80. The smallest absolute Gasteiger partial charge is 0.119 e. The maximum Gasteiger partial charge on any atom is 0.119 e. The minimum absolute atomic E-state index is 0.698. The third kappa shape index (κ3) is 3.85. The highest BCUT2D eigenvalue weighted by molar-refractivity contribution is 6.31. The van der Waals surface area contributed by atoms with E-state index in [1.165, 1.54) is 0 Å². The summed E-state index contributed by atoms with van der Waals surface area (Å²) in [6.45, 7) is 1.61. The van der Waals surface area contributed by atoms with Crippen LogP contribution in [0.3, 0.4) is 0 Å². The number of hydrogen-bond donors (Lipinski definition) is 2. The van der Waals surface area contributed by atoms with Gasteiger partial charge in [0.15, 0.2) is 0 Å². The first-order valence-electron chi connectivity index (χ1n) is 7.42. The first kappa shape index (κ1) is 15.4. The second kappa shape index (κ2) is 7.20. The molecule has 0 atom stereocenters. The van der Waals surface area contributed by atoms with E-state index in [1.807, 2.05) is 48.5 Å². The molecule has 0 spiro atoms. The monoisotopic (exact) mass is 327 g/mol. The lowest BCUT2D eigenvalue weighted by Gasteiger charge is -2.11. The maximum atomic E-state index is 6.01. The second-order valence-corrected chi connectivity index (χ2v) is 5.54. The lowest BCUT2D eigenvalue weighted by atomic mass is 10.2. The van der Waals surface area contributed by atoms with Gasteiger partial charge in [-0.3, -0.25) is 4.98 Å². The van der Waals surface area contributed by atoms with Crippen LogP contribution in [0.1, 0.15) is 0 Å². The van der Waals surface area contributed by atoms with Gasteiger partial charge in [0.1, 0.15) is 5.75 Å². The van der Waals surface area contributed by atoms with Crippen molar-refractivity contribution >= 4 is 33.9 Å². The summed E-state index contributed by atoms with van der Waals surface area (Å²) in [7, 11) is 1.67. The summed E-state index contributed by atoms with van der Waals surface area (Å²) >= 11 is 6.01. The van der Waals surface area contributed by atoms with Gasteiger partial charge in [0, 0.05) is 41.1 Å². The number of nitrogens with zero attached hydrogens (tertiary/aromatic N) is 1. The first-order chi connectivity index (χ1) is 11.3. The van der Waals surface area contributed by atoms with Crippen molar-refractivity contribution in [2.45, 2.75) is 0 Å². The van der Waals surface area contributed by atoms with Crippen LogP contribution in [0.25, 0.3) is 10.9 Å². The van der Waals surface area contributed by atoms with Crippen molar-refractivity contribution in [1.29, 1.82) is 0 Å². The van der Waals surface area contributed by atoms with E-state index in [2.05, 4.69) is 15.6 Å². The Morgan fingerprint density at radius 1 is 1.00 bits per heavy atom. The SMILES string of the molecule is COc1ccc(NCCNc2ccnc3cc(Cl)ccc23)cc1. The van der Waals surface area contributed by atoms with Crippen molar-refractivity contribution in [3.63, 3.8) is 0 Å². The Bertz CT molecular complexity index is 790. The molecular formula is C18H18ClN3O. The van der Waals surface area contributed by atoms with E-state index in [1.54, 1.807) is 13.3 Å². The summed E-state index contributed by atoms with van der Waals surface area (Å²) in [5, 5.41) is 8.57. The van der Waals surface area contributed by atoms with E-state index < -0.39 is 0 Å². The Morgan fingerprint density at radius 3 is 2.57 bits per heavy atom. The fourth-order valence-electron chi connectivity index (χ4n) is 2.39. The number of aromatic nitrogens is 1. The third-order valence-electron chi connectivity index (χ3n) is 3.56. The maximum absolute atomic E-state index is 6.01. The standard InChI is InChI=1S/C18H18ClN3O/c1-23-15-5-3-14(4-6-15)20-10-11-22-17-8-9-21-18-12-13(19)2-7-16(17)18/h2-9,12,20H,10-11H2,1H3,(H,21,22). The lowest BCUT2D eigenvalue weighted by Crippen LogP contribution is -2.13. The van der Waals surface area contributed by atoms with E-state index in [-0.39, 0.29) is 0 Å². The van der Waals surface area contributed by atoms with Gasteiger partial charge in [0.2, 0.25) is 0 Å². The van der Waals surface area contributed by atoms with E-state index in [0.29, 0.717) is 5.02 Å². The fraction of sp³-hybridized carbons (Fsp3) is 0.167. The summed E-state index contributed by atoms with van der Waals surface area (Å²) in [5.74, 6) is 0.857. The van der Waals surface area contributed by atoms with E-state index in [9.17, 15) is 0 Å². The van der Waals surface area contributed by atoms with E-state index in [4.69, 9.17) is 16.3 Å². The Labute approximate surface area is 140 Å². The molecule has 5 heteroatoms. The lowest BCUT2D eigenvalue weighted by molar-refractivity contribution is 0.415. The van der Waals surface area contributed by atoms with Gasteiger partial charge in [-0.1, -0.05) is 11.6 Å². The van der Waals surface area contributed by atoms with Crippen LogP contribution >= 0.6 is 11.6 Å². The van der Waals surface area contributed by atoms with E-state index >= 15 is 0 Å². The number of benzene rings is 2. The molecule has 3 rings (SSSR count). The highest BCUT2D eigenvalue weighted by Gasteiger charge is 2.02. The average Bonchev–Trinajstić information content (AvgIpc) is 2.59. The van der Waals surface area contributed by atoms with Crippen molar-refractivity contribution in [3.8, 4) is 5.75 Å². The van der Waals surface area contributed by atoms with Crippen LogP contribution in [0.2, 0.25) is 5.02 Å². The Balaban J connectivity index is 1.58. The summed E-state index contributed by atoms with van der Waals surface area (Å²) in [4.78, 5) is 4.34. The summed E-state index contributed by atoms with van der Waals surface area (Å²) < 4.78 is 5.15. The number of halogens is 1.